The van der Waals surface area contributed by atoms with Gasteiger partial charge in [0, 0.05) is 25.2 Å². The zero-order valence-corrected chi connectivity index (χ0v) is 6.57. The summed E-state index contributed by atoms with van der Waals surface area (Å²) in [6.45, 7) is 2.19. The molecule has 1 heterocycles. The van der Waals surface area contributed by atoms with E-state index in [0.29, 0.717) is 0 Å². The van der Waals surface area contributed by atoms with E-state index in [9.17, 15) is 0 Å². The molecule has 0 fully saturated rings. The molecule has 3 heteroatoms. The number of hydrogen-bond acceptors (Lipinski definition) is 3. The summed E-state index contributed by atoms with van der Waals surface area (Å²) in [5, 5.41) is 8.75. The number of aliphatic hydroxyl groups excluding tert-OH is 1. The third kappa shape index (κ3) is 2.63. The molecular weight excluding hydrogens is 140 g/mol. The standard InChI is InChI=1S/C8H12N2O/c1-7(6-11)4-8-5-9-2-3-10-8/h2-3,5,7,11H,4,6H2,1H3. The SMILES string of the molecule is CC(CO)Cc1cnccn1. The second-order valence-electron chi connectivity index (χ2n) is 2.69. The summed E-state index contributed by atoms with van der Waals surface area (Å²) in [6, 6.07) is 0. The van der Waals surface area contributed by atoms with E-state index in [4.69, 9.17) is 5.11 Å². The van der Waals surface area contributed by atoms with Crippen molar-refractivity contribution in [1.29, 1.82) is 0 Å². The van der Waals surface area contributed by atoms with Crippen molar-refractivity contribution >= 4 is 0 Å². The molecule has 0 aliphatic rings. The molecule has 1 atom stereocenters. The Kier molecular flexibility index (Phi) is 2.98. The number of rotatable bonds is 3. The summed E-state index contributed by atoms with van der Waals surface area (Å²) in [5.41, 5.74) is 0.939. The first-order chi connectivity index (χ1) is 5.33. The summed E-state index contributed by atoms with van der Waals surface area (Å²) < 4.78 is 0. The highest BCUT2D eigenvalue weighted by molar-refractivity contribution is 4.95. The monoisotopic (exact) mass is 152 g/mol. The molecule has 0 radical (unpaired) electrons. The van der Waals surface area contributed by atoms with Crippen LogP contribution in [0, 0.1) is 5.92 Å². The van der Waals surface area contributed by atoms with Crippen LogP contribution in [0.4, 0.5) is 0 Å². The van der Waals surface area contributed by atoms with Crippen LogP contribution in [0.2, 0.25) is 0 Å². The van der Waals surface area contributed by atoms with Crippen molar-refractivity contribution < 1.29 is 5.11 Å². The Balaban J connectivity index is 2.51. The lowest BCUT2D eigenvalue weighted by molar-refractivity contribution is 0.236. The van der Waals surface area contributed by atoms with E-state index in [1.54, 1.807) is 18.6 Å². The van der Waals surface area contributed by atoms with Gasteiger partial charge in [-0.1, -0.05) is 6.92 Å². The molecule has 0 aliphatic carbocycles. The van der Waals surface area contributed by atoms with Gasteiger partial charge in [-0.25, -0.2) is 0 Å². The zero-order valence-electron chi connectivity index (χ0n) is 6.57. The van der Waals surface area contributed by atoms with Crippen molar-refractivity contribution in [3.63, 3.8) is 0 Å². The summed E-state index contributed by atoms with van der Waals surface area (Å²) >= 11 is 0. The molecular formula is C8H12N2O. The number of aliphatic hydroxyl groups is 1. The topological polar surface area (TPSA) is 46.0 Å². The van der Waals surface area contributed by atoms with Crippen LogP contribution >= 0.6 is 0 Å². The fourth-order valence-corrected chi connectivity index (χ4v) is 0.857. The lowest BCUT2D eigenvalue weighted by Gasteiger charge is -2.04. The van der Waals surface area contributed by atoms with Gasteiger partial charge in [0.2, 0.25) is 0 Å². The average Bonchev–Trinajstić information content (AvgIpc) is 2.06. The van der Waals surface area contributed by atoms with Crippen molar-refractivity contribution in [2.45, 2.75) is 13.3 Å². The highest BCUT2D eigenvalue weighted by Gasteiger charge is 2.01. The minimum Gasteiger partial charge on any atom is -0.396 e. The quantitative estimate of drug-likeness (QED) is 0.691. The molecule has 60 valence electrons. The molecule has 1 unspecified atom stereocenters. The maximum atomic E-state index is 8.75. The van der Waals surface area contributed by atoms with E-state index >= 15 is 0 Å². The molecule has 0 aliphatic heterocycles. The molecule has 0 amide bonds. The molecule has 0 saturated heterocycles. The predicted molar refractivity (Wildman–Crippen MR) is 42.0 cm³/mol. The van der Waals surface area contributed by atoms with Gasteiger partial charge >= 0.3 is 0 Å². The summed E-state index contributed by atoms with van der Waals surface area (Å²) in [5.74, 6) is 0.270. The lowest BCUT2D eigenvalue weighted by Crippen LogP contribution is -2.05. The van der Waals surface area contributed by atoms with Crippen LogP contribution in [0.25, 0.3) is 0 Å². The van der Waals surface area contributed by atoms with Crippen LogP contribution < -0.4 is 0 Å². The van der Waals surface area contributed by atoms with Crippen LogP contribution in [0.1, 0.15) is 12.6 Å². The highest BCUT2D eigenvalue weighted by atomic mass is 16.3. The second kappa shape index (κ2) is 4.03. The first-order valence-electron chi connectivity index (χ1n) is 3.68. The van der Waals surface area contributed by atoms with E-state index in [1.807, 2.05) is 6.92 Å². The lowest BCUT2D eigenvalue weighted by atomic mass is 10.1. The fourth-order valence-electron chi connectivity index (χ4n) is 0.857. The van der Waals surface area contributed by atoms with Gasteiger partial charge in [-0.05, 0) is 12.3 Å². The van der Waals surface area contributed by atoms with Gasteiger partial charge in [0.15, 0.2) is 0 Å². The maximum absolute atomic E-state index is 8.75. The Labute approximate surface area is 66.1 Å². The van der Waals surface area contributed by atoms with Crippen LogP contribution in [-0.4, -0.2) is 21.7 Å². The van der Waals surface area contributed by atoms with Crippen LogP contribution in [0.15, 0.2) is 18.6 Å². The third-order valence-electron chi connectivity index (χ3n) is 1.49. The molecule has 1 aromatic heterocycles. The van der Waals surface area contributed by atoms with E-state index in [1.165, 1.54) is 0 Å². The van der Waals surface area contributed by atoms with Crippen molar-refractivity contribution in [2.24, 2.45) is 5.92 Å². The Bertz CT molecular complexity index is 201. The molecule has 0 saturated carbocycles. The fraction of sp³-hybridized carbons (Fsp3) is 0.500. The van der Waals surface area contributed by atoms with E-state index < -0.39 is 0 Å². The first kappa shape index (κ1) is 8.14. The van der Waals surface area contributed by atoms with Gasteiger partial charge in [-0.3, -0.25) is 9.97 Å². The van der Waals surface area contributed by atoms with E-state index in [2.05, 4.69) is 9.97 Å². The molecule has 1 N–H and O–H groups in total. The Hall–Kier alpha value is -0.960. The molecule has 0 aromatic carbocycles. The van der Waals surface area contributed by atoms with Crippen LogP contribution in [-0.2, 0) is 6.42 Å². The maximum Gasteiger partial charge on any atom is 0.0590 e. The normalized spacial score (nSPS) is 12.9. The van der Waals surface area contributed by atoms with Crippen molar-refractivity contribution in [1.82, 2.24) is 9.97 Å². The minimum atomic E-state index is 0.205. The molecule has 3 nitrogen and oxygen atoms in total. The number of hydrogen-bond donors (Lipinski definition) is 1. The van der Waals surface area contributed by atoms with Gasteiger partial charge in [0.05, 0.1) is 5.69 Å². The zero-order chi connectivity index (χ0) is 8.10. The van der Waals surface area contributed by atoms with Gasteiger partial charge in [0.25, 0.3) is 0 Å². The van der Waals surface area contributed by atoms with Crippen molar-refractivity contribution in [3.8, 4) is 0 Å². The van der Waals surface area contributed by atoms with Crippen molar-refractivity contribution in [2.75, 3.05) is 6.61 Å². The largest absolute Gasteiger partial charge is 0.396 e. The Morgan fingerprint density at radius 2 is 2.36 bits per heavy atom. The minimum absolute atomic E-state index is 0.205. The molecule has 1 aromatic rings. The predicted octanol–water partition coefficient (Wildman–Crippen LogP) is 0.647. The molecule has 0 bridgehead atoms. The van der Waals surface area contributed by atoms with E-state index in [-0.39, 0.29) is 12.5 Å². The first-order valence-corrected chi connectivity index (χ1v) is 3.68. The van der Waals surface area contributed by atoms with Gasteiger partial charge in [0.1, 0.15) is 0 Å². The average molecular weight is 152 g/mol. The van der Waals surface area contributed by atoms with Gasteiger partial charge in [-0.2, -0.15) is 0 Å². The molecule has 0 spiro atoms. The van der Waals surface area contributed by atoms with Crippen LogP contribution in [0.3, 0.4) is 0 Å². The smallest absolute Gasteiger partial charge is 0.0590 e. The van der Waals surface area contributed by atoms with Crippen molar-refractivity contribution in [3.05, 3.63) is 24.3 Å². The van der Waals surface area contributed by atoms with Gasteiger partial charge < -0.3 is 5.11 Å². The number of aromatic nitrogens is 2. The van der Waals surface area contributed by atoms with Crippen LogP contribution in [0.5, 0.6) is 0 Å². The molecule has 11 heavy (non-hydrogen) atoms. The summed E-state index contributed by atoms with van der Waals surface area (Å²) in [4.78, 5) is 8.02. The summed E-state index contributed by atoms with van der Waals surface area (Å²) in [7, 11) is 0. The number of nitrogens with zero attached hydrogens (tertiary/aromatic N) is 2. The second-order valence-corrected chi connectivity index (χ2v) is 2.69. The summed E-state index contributed by atoms with van der Waals surface area (Å²) in [6.07, 6.45) is 5.84. The Morgan fingerprint density at radius 1 is 1.55 bits per heavy atom. The van der Waals surface area contributed by atoms with Gasteiger partial charge in [-0.15, -0.1) is 0 Å². The van der Waals surface area contributed by atoms with E-state index in [0.717, 1.165) is 12.1 Å². The third-order valence-corrected chi connectivity index (χ3v) is 1.49. The highest BCUT2D eigenvalue weighted by Crippen LogP contribution is 2.02. The molecule has 1 rings (SSSR count). The Morgan fingerprint density at radius 3 is 2.91 bits per heavy atom.